The van der Waals surface area contributed by atoms with E-state index in [0.29, 0.717) is 5.56 Å². The predicted molar refractivity (Wildman–Crippen MR) is 51.6 cm³/mol. The van der Waals surface area contributed by atoms with E-state index in [1.54, 1.807) is 24.3 Å². The van der Waals surface area contributed by atoms with Gasteiger partial charge in [-0.05, 0) is 18.2 Å². The van der Waals surface area contributed by atoms with Crippen molar-refractivity contribution in [2.24, 2.45) is 0 Å². The van der Waals surface area contributed by atoms with Crippen molar-refractivity contribution < 1.29 is 9.59 Å². The molecule has 14 heavy (non-hydrogen) atoms. The zero-order chi connectivity index (χ0) is 9.97. The molecule has 0 aromatic heterocycles. The summed E-state index contributed by atoms with van der Waals surface area (Å²) in [7, 11) is 0. The van der Waals surface area contributed by atoms with Crippen LogP contribution in [0.5, 0.6) is 0 Å². The summed E-state index contributed by atoms with van der Waals surface area (Å²) in [5.74, 6) is -0.165. The quantitative estimate of drug-likeness (QED) is 0.663. The van der Waals surface area contributed by atoms with Crippen molar-refractivity contribution in [3.8, 4) is 0 Å². The van der Waals surface area contributed by atoms with Gasteiger partial charge in [0.05, 0.1) is 6.54 Å². The maximum Gasteiger partial charge on any atom is 0.258 e. The highest BCUT2D eigenvalue weighted by atomic mass is 16.2. The summed E-state index contributed by atoms with van der Waals surface area (Å²) >= 11 is 0. The number of amides is 1. The Labute approximate surface area is 81.6 Å². The summed E-state index contributed by atoms with van der Waals surface area (Å²) in [6.45, 7) is 0.160. The summed E-state index contributed by atoms with van der Waals surface area (Å²) < 4.78 is 0. The van der Waals surface area contributed by atoms with Crippen LogP contribution in [0.3, 0.4) is 0 Å². The molecule has 1 aliphatic rings. The average molecular weight is 187 g/mol. The van der Waals surface area contributed by atoms with Gasteiger partial charge < -0.3 is 4.90 Å². The van der Waals surface area contributed by atoms with Crippen molar-refractivity contribution in [1.82, 2.24) is 4.90 Å². The minimum absolute atomic E-state index is 0.0331. The first-order valence-corrected chi connectivity index (χ1v) is 4.34. The van der Waals surface area contributed by atoms with E-state index in [4.69, 9.17) is 0 Å². The van der Waals surface area contributed by atoms with Gasteiger partial charge in [0.1, 0.15) is 0 Å². The molecule has 0 bridgehead atoms. The zero-order valence-corrected chi connectivity index (χ0v) is 7.51. The van der Waals surface area contributed by atoms with Crippen molar-refractivity contribution in [3.05, 3.63) is 48.2 Å². The Morgan fingerprint density at radius 3 is 2.50 bits per heavy atom. The van der Waals surface area contributed by atoms with Crippen molar-refractivity contribution >= 4 is 11.7 Å². The molecule has 3 nitrogen and oxygen atoms in total. The monoisotopic (exact) mass is 187 g/mol. The van der Waals surface area contributed by atoms with Gasteiger partial charge in [0.25, 0.3) is 5.91 Å². The van der Waals surface area contributed by atoms with Crippen molar-refractivity contribution in [2.75, 3.05) is 6.54 Å². The Morgan fingerprint density at radius 1 is 1.21 bits per heavy atom. The fraction of sp³-hybridized carbons (Fsp3) is 0.0909. The van der Waals surface area contributed by atoms with E-state index in [-0.39, 0.29) is 18.2 Å². The molecule has 3 heteroatoms. The molecule has 0 N–H and O–H groups in total. The van der Waals surface area contributed by atoms with E-state index in [0.717, 1.165) is 0 Å². The Kier molecular flexibility index (Phi) is 2.14. The Bertz CT molecular complexity index is 395. The first kappa shape index (κ1) is 8.69. The van der Waals surface area contributed by atoms with Gasteiger partial charge in [0, 0.05) is 11.8 Å². The molecule has 0 fully saturated rings. The van der Waals surface area contributed by atoms with Gasteiger partial charge in [-0.2, -0.15) is 0 Å². The number of rotatable bonds is 1. The number of carbonyl (C=O) groups is 2. The van der Waals surface area contributed by atoms with Crippen LogP contribution in [0.4, 0.5) is 0 Å². The lowest BCUT2D eigenvalue weighted by Gasteiger charge is -2.11. The van der Waals surface area contributed by atoms with Crippen LogP contribution in [0, 0.1) is 0 Å². The zero-order valence-electron chi connectivity index (χ0n) is 7.51. The first-order valence-electron chi connectivity index (χ1n) is 4.34. The van der Waals surface area contributed by atoms with Crippen molar-refractivity contribution in [3.63, 3.8) is 0 Å². The Morgan fingerprint density at radius 2 is 1.93 bits per heavy atom. The summed E-state index contributed by atoms with van der Waals surface area (Å²) in [5.41, 5.74) is 0.604. The average Bonchev–Trinajstić information content (AvgIpc) is 2.65. The summed E-state index contributed by atoms with van der Waals surface area (Å²) in [6, 6.07) is 8.92. The van der Waals surface area contributed by atoms with Gasteiger partial charge >= 0.3 is 0 Å². The topological polar surface area (TPSA) is 37.4 Å². The van der Waals surface area contributed by atoms with Gasteiger partial charge in [-0.3, -0.25) is 9.59 Å². The summed E-state index contributed by atoms with van der Waals surface area (Å²) in [6.07, 6.45) is 2.94. The van der Waals surface area contributed by atoms with Gasteiger partial charge in [0.2, 0.25) is 0 Å². The van der Waals surface area contributed by atoms with Crippen LogP contribution < -0.4 is 0 Å². The molecule has 1 heterocycles. The van der Waals surface area contributed by atoms with Gasteiger partial charge in [-0.15, -0.1) is 0 Å². The third kappa shape index (κ3) is 1.57. The second-order valence-corrected chi connectivity index (χ2v) is 3.08. The fourth-order valence-electron chi connectivity index (χ4n) is 1.33. The first-order chi connectivity index (χ1) is 6.77. The summed E-state index contributed by atoms with van der Waals surface area (Å²) in [5, 5.41) is 0. The number of ketones is 1. The molecule has 1 aromatic carbocycles. The van der Waals surface area contributed by atoms with Gasteiger partial charge in [0.15, 0.2) is 5.78 Å². The number of hydrogen-bond donors (Lipinski definition) is 0. The molecule has 0 atom stereocenters. The van der Waals surface area contributed by atoms with Crippen LogP contribution in [0.15, 0.2) is 42.6 Å². The molecule has 0 saturated carbocycles. The molecular weight excluding hydrogens is 178 g/mol. The Hall–Kier alpha value is -1.90. The van der Waals surface area contributed by atoms with E-state index in [1.165, 1.54) is 17.2 Å². The van der Waals surface area contributed by atoms with Crippen LogP contribution in [-0.4, -0.2) is 23.1 Å². The standard InChI is InChI=1S/C11H9NO2/c13-10-6-7-12(8-10)11(14)9-4-2-1-3-5-9/h1-7H,8H2. The van der Waals surface area contributed by atoms with Crippen LogP contribution in [0.1, 0.15) is 10.4 Å². The van der Waals surface area contributed by atoms with Gasteiger partial charge in [-0.1, -0.05) is 18.2 Å². The summed E-state index contributed by atoms with van der Waals surface area (Å²) in [4.78, 5) is 24.0. The number of carbonyl (C=O) groups excluding carboxylic acids is 2. The lowest BCUT2D eigenvalue weighted by atomic mass is 10.2. The Balaban J connectivity index is 2.18. The predicted octanol–water partition coefficient (Wildman–Crippen LogP) is 1.23. The minimum atomic E-state index is -0.132. The third-order valence-electron chi connectivity index (χ3n) is 2.05. The van der Waals surface area contributed by atoms with Crippen molar-refractivity contribution in [1.29, 1.82) is 0 Å². The molecule has 1 aliphatic heterocycles. The number of hydrogen-bond acceptors (Lipinski definition) is 2. The van der Waals surface area contributed by atoms with Crippen molar-refractivity contribution in [2.45, 2.75) is 0 Å². The minimum Gasteiger partial charge on any atom is -0.307 e. The molecule has 0 radical (unpaired) electrons. The molecule has 0 unspecified atom stereocenters. The lowest BCUT2D eigenvalue weighted by Crippen LogP contribution is -2.25. The molecule has 1 amide bonds. The van der Waals surface area contributed by atoms with E-state index >= 15 is 0 Å². The molecule has 2 rings (SSSR count). The molecule has 0 saturated heterocycles. The smallest absolute Gasteiger partial charge is 0.258 e. The fourth-order valence-corrected chi connectivity index (χ4v) is 1.33. The molecule has 0 aliphatic carbocycles. The van der Waals surface area contributed by atoms with Gasteiger partial charge in [-0.25, -0.2) is 0 Å². The molecule has 0 spiro atoms. The van der Waals surface area contributed by atoms with E-state index in [1.807, 2.05) is 6.07 Å². The van der Waals surface area contributed by atoms with E-state index in [2.05, 4.69) is 0 Å². The van der Waals surface area contributed by atoms with Crippen LogP contribution in [0.2, 0.25) is 0 Å². The van der Waals surface area contributed by atoms with Crippen LogP contribution in [0.25, 0.3) is 0 Å². The SMILES string of the molecule is O=C1C=CN(C(=O)c2ccccc2)C1. The molecule has 70 valence electrons. The highest BCUT2D eigenvalue weighted by Gasteiger charge is 2.19. The normalized spacial score (nSPS) is 14.9. The highest BCUT2D eigenvalue weighted by molar-refractivity contribution is 6.02. The largest absolute Gasteiger partial charge is 0.307 e. The third-order valence-corrected chi connectivity index (χ3v) is 2.05. The molecular formula is C11H9NO2. The van der Waals surface area contributed by atoms with Crippen LogP contribution in [-0.2, 0) is 4.79 Å². The van der Waals surface area contributed by atoms with E-state index in [9.17, 15) is 9.59 Å². The maximum absolute atomic E-state index is 11.7. The number of nitrogens with zero attached hydrogens (tertiary/aromatic N) is 1. The second kappa shape index (κ2) is 3.46. The lowest BCUT2D eigenvalue weighted by molar-refractivity contribution is -0.113. The maximum atomic E-state index is 11.7. The molecule has 1 aromatic rings. The van der Waals surface area contributed by atoms with E-state index < -0.39 is 0 Å². The number of benzene rings is 1. The highest BCUT2D eigenvalue weighted by Crippen LogP contribution is 2.08. The second-order valence-electron chi connectivity index (χ2n) is 3.08. The van der Waals surface area contributed by atoms with Crippen LogP contribution >= 0.6 is 0 Å².